The lowest BCUT2D eigenvalue weighted by Crippen LogP contribution is -2.54. The highest BCUT2D eigenvalue weighted by molar-refractivity contribution is 6.07. The van der Waals surface area contributed by atoms with Gasteiger partial charge in [0.15, 0.2) is 0 Å². The normalized spacial score (nSPS) is 26.6. The molecule has 2 N–H and O–H groups in total. The minimum absolute atomic E-state index is 0. The number of nitrogens with one attached hydrogen (secondary N) is 2. The number of likely N-dealkylation sites (N-methyl/N-ethyl adjacent to an activating group) is 1. The van der Waals surface area contributed by atoms with E-state index in [-0.39, 0.29) is 14.8 Å². The number of urea groups is 1. The quantitative estimate of drug-likeness (QED) is 0.651. The predicted molar refractivity (Wildman–Crippen MR) is 57.1 cm³/mol. The van der Waals surface area contributed by atoms with Gasteiger partial charge in [0, 0.05) is 9.40 Å². The second-order valence-electron chi connectivity index (χ2n) is 3.67. The summed E-state index contributed by atoms with van der Waals surface area (Å²) in [6.45, 7) is 5.31. The summed E-state index contributed by atoms with van der Waals surface area (Å²) in [6, 6.07) is -0.388. The second kappa shape index (κ2) is 3.96. The SMILES string of the molecule is CCN(C)CC1(CC)NC(=O)NC1=O.[HH].[HH]. The third-order valence-corrected chi connectivity index (χ3v) is 2.70. The van der Waals surface area contributed by atoms with Gasteiger partial charge in [-0.25, -0.2) is 4.79 Å². The van der Waals surface area contributed by atoms with E-state index in [1.54, 1.807) is 0 Å². The molecule has 0 aliphatic carbocycles. The maximum Gasteiger partial charge on any atom is 0.322 e. The van der Waals surface area contributed by atoms with E-state index >= 15 is 0 Å². The third kappa shape index (κ3) is 1.87. The van der Waals surface area contributed by atoms with Gasteiger partial charge in [-0.1, -0.05) is 13.8 Å². The first-order chi connectivity index (χ1) is 6.54. The number of hydrogen-bond donors (Lipinski definition) is 2. The van der Waals surface area contributed by atoms with Crippen LogP contribution in [-0.4, -0.2) is 42.5 Å². The Labute approximate surface area is 86.8 Å². The van der Waals surface area contributed by atoms with Crippen molar-refractivity contribution in [1.29, 1.82) is 0 Å². The fourth-order valence-electron chi connectivity index (χ4n) is 1.57. The lowest BCUT2D eigenvalue weighted by atomic mass is 9.96. The van der Waals surface area contributed by atoms with Crippen molar-refractivity contribution in [2.24, 2.45) is 0 Å². The van der Waals surface area contributed by atoms with Crippen LogP contribution in [0.25, 0.3) is 0 Å². The smallest absolute Gasteiger partial charge is 0.322 e. The summed E-state index contributed by atoms with van der Waals surface area (Å²) in [4.78, 5) is 24.6. The first-order valence-electron chi connectivity index (χ1n) is 4.86. The van der Waals surface area contributed by atoms with E-state index in [2.05, 4.69) is 10.6 Å². The van der Waals surface area contributed by atoms with Crippen molar-refractivity contribution in [2.45, 2.75) is 25.8 Å². The standard InChI is InChI=1S/C9H17N3O2.2H2/c1-4-9(6-12(3)5-2)7(13)10-8(14)11-9;;/h4-6H2,1-3H3,(H2,10,11,13,14);2*1H. The molecule has 1 fully saturated rings. The highest BCUT2D eigenvalue weighted by Crippen LogP contribution is 2.16. The van der Waals surface area contributed by atoms with Crippen molar-refractivity contribution in [3.8, 4) is 0 Å². The van der Waals surface area contributed by atoms with E-state index in [9.17, 15) is 9.59 Å². The maximum atomic E-state index is 11.6. The van der Waals surface area contributed by atoms with Gasteiger partial charge in [-0.15, -0.1) is 0 Å². The molecule has 1 saturated heterocycles. The van der Waals surface area contributed by atoms with Gasteiger partial charge in [0.2, 0.25) is 0 Å². The molecular weight excluding hydrogens is 182 g/mol. The van der Waals surface area contributed by atoms with Crippen LogP contribution in [-0.2, 0) is 4.79 Å². The van der Waals surface area contributed by atoms with Crippen LogP contribution < -0.4 is 10.6 Å². The van der Waals surface area contributed by atoms with Gasteiger partial charge in [0.25, 0.3) is 5.91 Å². The lowest BCUT2D eigenvalue weighted by Gasteiger charge is -2.29. The monoisotopic (exact) mass is 203 g/mol. The van der Waals surface area contributed by atoms with Crippen molar-refractivity contribution in [3.63, 3.8) is 0 Å². The molecule has 5 heteroatoms. The number of hydrogen-bond acceptors (Lipinski definition) is 3. The fraction of sp³-hybridized carbons (Fsp3) is 0.778. The Morgan fingerprint density at radius 3 is 2.43 bits per heavy atom. The molecular formula is C9H21N3O2. The van der Waals surface area contributed by atoms with Crippen LogP contribution in [0.4, 0.5) is 4.79 Å². The van der Waals surface area contributed by atoms with Crippen molar-refractivity contribution in [3.05, 3.63) is 0 Å². The summed E-state index contributed by atoms with van der Waals surface area (Å²) in [5, 5.41) is 4.96. The second-order valence-corrected chi connectivity index (χ2v) is 3.67. The molecule has 14 heavy (non-hydrogen) atoms. The highest BCUT2D eigenvalue weighted by atomic mass is 16.2. The molecule has 84 valence electrons. The minimum Gasteiger partial charge on any atom is -0.322 e. The van der Waals surface area contributed by atoms with Crippen LogP contribution in [0.2, 0.25) is 0 Å². The molecule has 5 nitrogen and oxygen atoms in total. The molecule has 0 aromatic carbocycles. The molecule has 1 atom stereocenters. The van der Waals surface area contributed by atoms with Gasteiger partial charge >= 0.3 is 6.03 Å². The molecule has 1 aliphatic rings. The molecule has 1 unspecified atom stereocenters. The molecule has 0 radical (unpaired) electrons. The van der Waals surface area contributed by atoms with E-state index in [1.165, 1.54) is 0 Å². The average Bonchev–Trinajstić information content (AvgIpc) is 2.42. The molecule has 0 aromatic rings. The number of imide groups is 1. The first kappa shape index (κ1) is 11.0. The van der Waals surface area contributed by atoms with E-state index in [0.29, 0.717) is 13.0 Å². The zero-order chi connectivity index (χ0) is 10.8. The molecule has 1 aliphatic heterocycles. The number of nitrogens with zero attached hydrogens (tertiary/aromatic N) is 1. The molecule has 3 amide bonds. The van der Waals surface area contributed by atoms with Gasteiger partial charge in [0.05, 0.1) is 0 Å². The molecule has 1 heterocycles. The zero-order valence-corrected chi connectivity index (χ0v) is 8.89. The van der Waals surface area contributed by atoms with Gasteiger partial charge in [0.1, 0.15) is 5.54 Å². The third-order valence-electron chi connectivity index (χ3n) is 2.70. The van der Waals surface area contributed by atoms with Crippen LogP contribution in [0.1, 0.15) is 23.1 Å². The Hall–Kier alpha value is -1.10. The molecule has 0 bridgehead atoms. The van der Waals surface area contributed by atoms with E-state index in [1.807, 2.05) is 25.8 Å². The van der Waals surface area contributed by atoms with Crippen LogP contribution in [0.3, 0.4) is 0 Å². The Morgan fingerprint density at radius 2 is 2.07 bits per heavy atom. The largest absolute Gasteiger partial charge is 0.322 e. The van der Waals surface area contributed by atoms with E-state index < -0.39 is 5.54 Å². The minimum atomic E-state index is -0.734. The highest BCUT2D eigenvalue weighted by Gasteiger charge is 2.44. The fourth-order valence-corrected chi connectivity index (χ4v) is 1.57. The summed E-state index contributed by atoms with van der Waals surface area (Å²) >= 11 is 0. The Kier molecular flexibility index (Phi) is 3.10. The van der Waals surface area contributed by atoms with Crippen molar-refractivity contribution in [2.75, 3.05) is 20.1 Å². The van der Waals surface area contributed by atoms with Crippen LogP contribution >= 0.6 is 0 Å². The lowest BCUT2D eigenvalue weighted by molar-refractivity contribution is -0.124. The van der Waals surface area contributed by atoms with Crippen LogP contribution in [0, 0.1) is 0 Å². The molecule has 1 rings (SSSR count). The van der Waals surface area contributed by atoms with E-state index in [4.69, 9.17) is 0 Å². The van der Waals surface area contributed by atoms with Gasteiger partial charge < -0.3 is 10.2 Å². The maximum absolute atomic E-state index is 11.6. The summed E-state index contributed by atoms with van der Waals surface area (Å²) in [7, 11) is 1.93. The Bertz CT molecular complexity index is 263. The topological polar surface area (TPSA) is 61.4 Å². The first-order valence-corrected chi connectivity index (χ1v) is 4.86. The van der Waals surface area contributed by atoms with E-state index in [0.717, 1.165) is 6.54 Å². The molecule has 0 spiro atoms. The summed E-state index contributed by atoms with van der Waals surface area (Å²) in [5.41, 5.74) is -0.734. The summed E-state index contributed by atoms with van der Waals surface area (Å²) in [6.07, 6.45) is 0.606. The average molecular weight is 203 g/mol. The van der Waals surface area contributed by atoms with Crippen LogP contribution in [0.5, 0.6) is 0 Å². The Morgan fingerprint density at radius 1 is 1.43 bits per heavy atom. The van der Waals surface area contributed by atoms with Gasteiger partial charge in [-0.05, 0) is 20.0 Å². The van der Waals surface area contributed by atoms with Crippen molar-refractivity contribution in [1.82, 2.24) is 15.5 Å². The Balaban J connectivity index is 0. The summed E-state index contributed by atoms with van der Waals surface area (Å²) < 4.78 is 0. The number of carbonyl (C=O) groups excluding carboxylic acids is 2. The number of rotatable bonds is 4. The van der Waals surface area contributed by atoms with Crippen molar-refractivity contribution >= 4 is 11.9 Å². The molecule has 0 aromatic heterocycles. The number of amides is 3. The van der Waals surface area contributed by atoms with Crippen LogP contribution in [0.15, 0.2) is 0 Å². The van der Waals surface area contributed by atoms with Crippen molar-refractivity contribution < 1.29 is 12.4 Å². The zero-order valence-electron chi connectivity index (χ0n) is 8.89. The molecule has 0 saturated carbocycles. The predicted octanol–water partition coefficient (Wildman–Crippen LogP) is 0.418. The van der Waals surface area contributed by atoms with Gasteiger partial charge in [-0.3, -0.25) is 10.1 Å². The van der Waals surface area contributed by atoms with Gasteiger partial charge in [-0.2, -0.15) is 0 Å². The number of carbonyl (C=O) groups is 2. The summed E-state index contributed by atoms with van der Waals surface area (Å²) in [5.74, 6) is -0.217.